The highest BCUT2D eigenvalue weighted by Gasteiger charge is 2.21. The first-order valence-corrected chi connectivity index (χ1v) is 11.8. The number of benzene rings is 4. The predicted octanol–water partition coefficient (Wildman–Crippen LogP) is 6.64. The van der Waals surface area contributed by atoms with Crippen LogP contribution in [0.5, 0.6) is 23.0 Å². The third-order valence-electron chi connectivity index (χ3n) is 5.95. The SMILES string of the molecule is COc1ccc2c(=O)cc(-c3c(OCc4ccccc4)cccc3OCc3ccccc3)oc2c1OC. The molecule has 0 unspecified atom stereocenters. The molecule has 0 aliphatic heterocycles. The summed E-state index contributed by atoms with van der Waals surface area (Å²) >= 11 is 0. The van der Waals surface area contributed by atoms with Crippen molar-refractivity contribution in [3.8, 4) is 34.3 Å². The van der Waals surface area contributed by atoms with Gasteiger partial charge in [-0.25, -0.2) is 0 Å². The van der Waals surface area contributed by atoms with E-state index in [-0.39, 0.29) is 11.0 Å². The van der Waals surface area contributed by atoms with E-state index >= 15 is 0 Å². The number of fused-ring (bicyclic) bond motifs is 1. The van der Waals surface area contributed by atoms with Crippen molar-refractivity contribution in [2.24, 2.45) is 0 Å². The molecule has 0 bridgehead atoms. The molecule has 4 aromatic carbocycles. The largest absolute Gasteiger partial charge is 0.493 e. The van der Waals surface area contributed by atoms with Crippen molar-refractivity contribution in [1.29, 1.82) is 0 Å². The summed E-state index contributed by atoms with van der Waals surface area (Å²) in [6.07, 6.45) is 0. The van der Waals surface area contributed by atoms with Gasteiger partial charge in [-0.2, -0.15) is 0 Å². The Kier molecular flexibility index (Phi) is 7.08. The van der Waals surface area contributed by atoms with Crippen LogP contribution in [0.15, 0.2) is 106 Å². The molecule has 0 spiro atoms. The van der Waals surface area contributed by atoms with Crippen LogP contribution in [-0.2, 0) is 13.2 Å². The molecule has 0 atom stereocenters. The smallest absolute Gasteiger partial charge is 0.204 e. The summed E-state index contributed by atoms with van der Waals surface area (Å²) in [5.41, 5.74) is 2.63. The van der Waals surface area contributed by atoms with Crippen molar-refractivity contribution in [2.45, 2.75) is 13.2 Å². The van der Waals surface area contributed by atoms with E-state index in [0.717, 1.165) is 11.1 Å². The van der Waals surface area contributed by atoms with Gasteiger partial charge in [0.15, 0.2) is 16.8 Å². The zero-order chi connectivity index (χ0) is 25.6. The van der Waals surface area contributed by atoms with E-state index in [1.807, 2.05) is 78.9 Å². The summed E-state index contributed by atoms with van der Waals surface area (Å²) in [5, 5.41) is 0.385. The van der Waals surface area contributed by atoms with Crippen molar-refractivity contribution in [3.05, 3.63) is 118 Å². The van der Waals surface area contributed by atoms with Crippen LogP contribution in [0.3, 0.4) is 0 Å². The lowest BCUT2D eigenvalue weighted by atomic mass is 10.1. The molecule has 0 aliphatic carbocycles. The molecule has 0 saturated heterocycles. The van der Waals surface area contributed by atoms with Crippen molar-refractivity contribution in [3.63, 3.8) is 0 Å². The molecule has 6 nitrogen and oxygen atoms in total. The lowest BCUT2D eigenvalue weighted by Gasteiger charge is -2.17. The Balaban J connectivity index is 1.63. The van der Waals surface area contributed by atoms with Gasteiger partial charge in [-0.1, -0.05) is 66.7 Å². The van der Waals surface area contributed by atoms with Crippen LogP contribution in [0.1, 0.15) is 11.1 Å². The van der Waals surface area contributed by atoms with E-state index in [0.29, 0.717) is 52.9 Å². The molecule has 0 radical (unpaired) electrons. The van der Waals surface area contributed by atoms with Crippen LogP contribution in [0.4, 0.5) is 0 Å². The van der Waals surface area contributed by atoms with Gasteiger partial charge < -0.3 is 23.4 Å². The molecule has 5 aromatic rings. The Morgan fingerprint density at radius 1 is 0.649 bits per heavy atom. The van der Waals surface area contributed by atoms with Crippen molar-refractivity contribution >= 4 is 11.0 Å². The van der Waals surface area contributed by atoms with Crippen molar-refractivity contribution < 1.29 is 23.4 Å². The lowest BCUT2D eigenvalue weighted by molar-refractivity contribution is 0.291. The number of ether oxygens (including phenoxy) is 4. The first-order chi connectivity index (χ1) is 18.2. The monoisotopic (exact) mass is 494 g/mol. The first kappa shape index (κ1) is 24.0. The van der Waals surface area contributed by atoms with E-state index in [9.17, 15) is 4.79 Å². The van der Waals surface area contributed by atoms with Crippen LogP contribution in [0, 0.1) is 0 Å². The highest BCUT2D eigenvalue weighted by Crippen LogP contribution is 2.42. The maximum absolute atomic E-state index is 13.2. The van der Waals surface area contributed by atoms with Gasteiger partial charge in [-0.05, 0) is 35.4 Å². The molecule has 1 aromatic heterocycles. The Labute approximate surface area is 214 Å². The van der Waals surface area contributed by atoms with E-state index in [2.05, 4.69) is 0 Å². The van der Waals surface area contributed by atoms with Crippen molar-refractivity contribution in [1.82, 2.24) is 0 Å². The summed E-state index contributed by atoms with van der Waals surface area (Å²) in [4.78, 5) is 13.2. The normalized spacial score (nSPS) is 10.8. The van der Waals surface area contributed by atoms with Crippen LogP contribution in [0.2, 0.25) is 0 Å². The van der Waals surface area contributed by atoms with Gasteiger partial charge in [-0.15, -0.1) is 0 Å². The molecule has 0 N–H and O–H groups in total. The molecule has 1 heterocycles. The van der Waals surface area contributed by atoms with Crippen LogP contribution < -0.4 is 24.4 Å². The molecular weight excluding hydrogens is 468 g/mol. The Morgan fingerprint density at radius 2 is 1.24 bits per heavy atom. The van der Waals surface area contributed by atoms with Crippen molar-refractivity contribution in [2.75, 3.05) is 14.2 Å². The summed E-state index contributed by atoms with van der Waals surface area (Å²) in [6, 6.07) is 30.0. The molecule has 6 heteroatoms. The van der Waals surface area contributed by atoms with Gasteiger partial charge in [0.25, 0.3) is 0 Å². The second-order valence-corrected chi connectivity index (χ2v) is 8.33. The molecule has 5 rings (SSSR count). The van der Waals surface area contributed by atoms with Gasteiger partial charge in [0, 0.05) is 6.07 Å². The van der Waals surface area contributed by atoms with Crippen LogP contribution >= 0.6 is 0 Å². The molecule has 0 amide bonds. The maximum Gasteiger partial charge on any atom is 0.204 e. The third kappa shape index (κ3) is 5.14. The fourth-order valence-electron chi connectivity index (χ4n) is 4.12. The molecule has 186 valence electrons. The van der Waals surface area contributed by atoms with Gasteiger partial charge >= 0.3 is 0 Å². The zero-order valence-electron chi connectivity index (χ0n) is 20.6. The average molecular weight is 495 g/mol. The number of methoxy groups -OCH3 is 2. The van der Waals surface area contributed by atoms with E-state index in [1.54, 1.807) is 12.1 Å². The minimum Gasteiger partial charge on any atom is -0.493 e. The Hall–Kier alpha value is -4.71. The highest BCUT2D eigenvalue weighted by molar-refractivity contribution is 5.87. The standard InChI is InChI=1S/C31H26O6/c1-33-27-17-16-23-24(32)18-28(37-30(23)31(27)34-2)29-25(35-19-21-10-5-3-6-11-21)14-9-15-26(29)36-20-22-12-7-4-8-13-22/h3-18H,19-20H2,1-2H3. The number of hydrogen-bond acceptors (Lipinski definition) is 6. The van der Waals surface area contributed by atoms with Gasteiger partial charge in [-0.3, -0.25) is 4.79 Å². The quantitative estimate of drug-likeness (QED) is 0.229. The summed E-state index contributed by atoms with van der Waals surface area (Å²) < 4.78 is 29.7. The summed E-state index contributed by atoms with van der Waals surface area (Å²) in [5.74, 6) is 2.16. The topological polar surface area (TPSA) is 67.1 Å². The minimum absolute atomic E-state index is 0.218. The second kappa shape index (κ2) is 10.9. The van der Waals surface area contributed by atoms with Crippen LogP contribution in [0.25, 0.3) is 22.3 Å². The molecule has 0 aliphatic rings. The fraction of sp³-hybridized carbons (Fsp3) is 0.129. The lowest BCUT2D eigenvalue weighted by Crippen LogP contribution is -2.05. The Morgan fingerprint density at radius 3 is 1.78 bits per heavy atom. The molecule has 0 saturated carbocycles. The Bertz CT molecular complexity index is 1500. The van der Waals surface area contributed by atoms with E-state index in [4.69, 9.17) is 23.4 Å². The molecular formula is C31H26O6. The van der Waals surface area contributed by atoms with Gasteiger partial charge in [0.2, 0.25) is 5.75 Å². The summed E-state index contributed by atoms with van der Waals surface area (Å²) in [7, 11) is 3.04. The number of hydrogen-bond donors (Lipinski definition) is 0. The maximum atomic E-state index is 13.2. The fourth-order valence-corrected chi connectivity index (χ4v) is 4.12. The zero-order valence-corrected chi connectivity index (χ0v) is 20.6. The average Bonchev–Trinajstić information content (AvgIpc) is 2.95. The third-order valence-corrected chi connectivity index (χ3v) is 5.95. The molecule has 37 heavy (non-hydrogen) atoms. The van der Waals surface area contributed by atoms with Crippen LogP contribution in [-0.4, -0.2) is 14.2 Å². The molecule has 0 fully saturated rings. The highest BCUT2D eigenvalue weighted by atomic mass is 16.5. The van der Waals surface area contributed by atoms with Gasteiger partial charge in [0.1, 0.15) is 36.0 Å². The van der Waals surface area contributed by atoms with E-state index in [1.165, 1.54) is 20.3 Å². The number of rotatable bonds is 9. The van der Waals surface area contributed by atoms with E-state index < -0.39 is 0 Å². The second-order valence-electron chi connectivity index (χ2n) is 8.33. The summed E-state index contributed by atoms with van der Waals surface area (Å²) in [6.45, 7) is 0.676. The predicted molar refractivity (Wildman–Crippen MR) is 143 cm³/mol. The first-order valence-electron chi connectivity index (χ1n) is 11.8. The minimum atomic E-state index is -0.218. The van der Waals surface area contributed by atoms with Gasteiger partial charge in [0.05, 0.1) is 19.6 Å².